The van der Waals surface area contributed by atoms with Crippen LogP contribution in [0.25, 0.3) is 6.08 Å². The predicted molar refractivity (Wildman–Crippen MR) is 116 cm³/mol. The Kier molecular flexibility index (Phi) is 7.23. The Balaban J connectivity index is 1.62. The van der Waals surface area contributed by atoms with Gasteiger partial charge in [0.2, 0.25) is 10.0 Å². The number of amides is 2. The lowest BCUT2D eigenvalue weighted by Crippen LogP contribution is -2.33. The van der Waals surface area contributed by atoms with Gasteiger partial charge in [0.25, 0.3) is 11.1 Å². The normalized spacial score (nSPS) is 21.2. The maximum absolute atomic E-state index is 11.9. The molecule has 0 aliphatic carbocycles. The van der Waals surface area contributed by atoms with E-state index in [-0.39, 0.29) is 17.0 Å². The molecule has 2 saturated heterocycles. The Labute approximate surface area is 179 Å². The first-order valence-corrected chi connectivity index (χ1v) is 12.2. The number of carbonyl (C=O) groups excluding carboxylic acids is 2. The van der Waals surface area contributed by atoms with Crippen LogP contribution in [0.2, 0.25) is 5.02 Å². The Morgan fingerprint density at radius 1 is 1.34 bits per heavy atom. The number of nitrogens with zero attached hydrogens (tertiary/aromatic N) is 1. The van der Waals surface area contributed by atoms with Crippen molar-refractivity contribution in [1.29, 1.82) is 0 Å². The molecule has 2 fully saturated rings. The number of anilines is 1. The Morgan fingerprint density at radius 3 is 2.83 bits per heavy atom. The molecule has 2 heterocycles. The highest BCUT2D eigenvalue weighted by atomic mass is 35.5. The minimum absolute atomic E-state index is 0.00276. The molecule has 158 valence electrons. The molecule has 3 rings (SSSR count). The lowest BCUT2D eigenvalue weighted by molar-refractivity contribution is -0.115. The van der Waals surface area contributed by atoms with E-state index in [4.69, 9.17) is 16.7 Å². The van der Waals surface area contributed by atoms with E-state index in [1.165, 1.54) is 0 Å². The second-order valence-corrected chi connectivity index (χ2v) is 10.1. The molecule has 8 nitrogen and oxygen atoms in total. The largest absolute Gasteiger partial charge is 0.368 e. The minimum Gasteiger partial charge on any atom is -0.368 e. The van der Waals surface area contributed by atoms with Gasteiger partial charge in [0, 0.05) is 24.7 Å². The number of sulfonamides is 1. The second kappa shape index (κ2) is 9.48. The van der Waals surface area contributed by atoms with Crippen molar-refractivity contribution in [1.82, 2.24) is 10.6 Å². The number of hydrogen-bond acceptors (Lipinski definition) is 7. The number of unbranched alkanes of at least 4 members (excludes halogenated alkanes) is 1. The van der Waals surface area contributed by atoms with E-state index in [2.05, 4.69) is 15.5 Å². The molecule has 0 saturated carbocycles. The van der Waals surface area contributed by atoms with Gasteiger partial charge in [-0.1, -0.05) is 23.7 Å². The summed E-state index contributed by atoms with van der Waals surface area (Å²) >= 11 is 7.34. The van der Waals surface area contributed by atoms with Gasteiger partial charge in [-0.05, 0) is 49.7 Å². The summed E-state index contributed by atoms with van der Waals surface area (Å²) < 4.78 is 21.9. The highest BCUT2D eigenvalue weighted by Gasteiger charge is 2.28. The summed E-state index contributed by atoms with van der Waals surface area (Å²) in [6.07, 6.45) is 3.88. The van der Waals surface area contributed by atoms with Gasteiger partial charge in [-0.25, -0.2) is 13.6 Å². The van der Waals surface area contributed by atoms with Crippen LogP contribution in [0.5, 0.6) is 0 Å². The van der Waals surface area contributed by atoms with Crippen molar-refractivity contribution < 1.29 is 18.0 Å². The molecule has 0 bridgehead atoms. The van der Waals surface area contributed by atoms with E-state index in [0.29, 0.717) is 22.9 Å². The predicted octanol–water partition coefficient (Wildman–Crippen LogP) is 1.90. The lowest BCUT2D eigenvalue weighted by Gasteiger charge is -2.23. The highest BCUT2D eigenvalue weighted by Crippen LogP contribution is 2.36. The maximum Gasteiger partial charge on any atom is 0.290 e. The zero-order chi connectivity index (χ0) is 21.0. The maximum atomic E-state index is 11.9. The van der Waals surface area contributed by atoms with E-state index in [9.17, 15) is 18.0 Å². The van der Waals surface area contributed by atoms with Gasteiger partial charge in [-0.15, -0.1) is 0 Å². The number of halogens is 1. The third-order valence-corrected chi connectivity index (χ3v) is 6.71. The smallest absolute Gasteiger partial charge is 0.290 e. The summed E-state index contributed by atoms with van der Waals surface area (Å²) in [6.45, 7) is 2.26. The number of benzene rings is 1. The first-order chi connectivity index (χ1) is 13.7. The van der Waals surface area contributed by atoms with Gasteiger partial charge < -0.3 is 10.2 Å². The van der Waals surface area contributed by atoms with Crippen LogP contribution in [-0.4, -0.2) is 51.0 Å². The quantitative estimate of drug-likeness (QED) is 0.401. The molecule has 2 aliphatic rings. The van der Waals surface area contributed by atoms with Crippen LogP contribution in [-0.2, 0) is 14.8 Å². The van der Waals surface area contributed by atoms with E-state index < -0.39 is 15.9 Å². The van der Waals surface area contributed by atoms with Crippen LogP contribution in [0.15, 0.2) is 23.1 Å². The molecule has 1 atom stereocenters. The highest BCUT2D eigenvalue weighted by molar-refractivity contribution is 8.18. The topological polar surface area (TPSA) is 122 Å². The van der Waals surface area contributed by atoms with Crippen LogP contribution >= 0.6 is 23.4 Å². The number of primary sulfonamides is 1. The van der Waals surface area contributed by atoms with Crippen LogP contribution in [0.4, 0.5) is 10.5 Å². The number of thioether (sulfide) groups is 1. The molecule has 0 spiro atoms. The zero-order valence-corrected chi connectivity index (χ0v) is 18.1. The molecule has 0 aromatic heterocycles. The Morgan fingerprint density at radius 2 is 2.14 bits per heavy atom. The van der Waals surface area contributed by atoms with E-state index in [1.54, 1.807) is 12.1 Å². The van der Waals surface area contributed by atoms with Crippen molar-refractivity contribution in [3.05, 3.63) is 33.7 Å². The third kappa shape index (κ3) is 6.19. The summed E-state index contributed by atoms with van der Waals surface area (Å²) in [7, 11) is -3.40. The average Bonchev–Trinajstić information content (AvgIpc) is 3.20. The molecule has 4 N–H and O–H groups in total. The Bertz CT molecular complexity index is 936. The number of imide groups is 1. The average molecular weight is 459 g/mol. The first-order valence-electron chi connectivity index (χ1n) is 9.25. The molecule has 1 aromatic rings. The van der Waals surface area contributed by atoms with E-state index in [1.807, 2.05) is 12.1 Å². The summed E-state index contributed by atoms with van der Waals surface area (Å²) in [6, 6.07) is 5.75. The number of para-hydroxylation sites is 1. The fourth-order valence-electron chi connectivity index (χ4n) is 3.41. The van der Waals surface area contributed by atoms with Gasteiger partial charge in [0.15, 0.2) is 0 Å². The van der Waals surface area contributed by atoms with Crippen molar-refractivity contribution in [3.63, 3.8) is 0 Å². The van der Waals surface area contributed by atoms with Crippen LogP contribution in [0.3, 0.4) is 0 Å². The molecule has 29 heavy (non-hydrogen) atoms. The molecule has 11 heteroatoms. The van der Waals surface area contributed by atoms with Gasteiger partial charge in [-0.3, -0.25) is 14.9 Å². The first kappa shape index (κ1) is 22.1. The van der Waals surface area contributed by atoms with Gasteiger partial charge in [0.1, 0.15) is 0 Å². The molecular weight excluding hydrogens is 436 g/mol. The van der Waals surface area contributed by atoms with Crippen LogP contribution in [0, 0.1) is 0 Å². The number of nitrogens with two attached hydrogens (primary N) is 1. The molecule has 2 aliphatic heterocycles. The van der Waals surface area contributed by atoms with Crippen molar-refractivity contribution in [2.45, 2.75) is 25.3 Å². The van der Waals surface area contributed by atoms with Gasteiger partial charge >= 0.3 is 0 Å². The van der Waals surface area contributed by atoms with Crippen LogP contribution < -0.4 is 20.7 Å². The summed E-state index contributed by atoms with van der Waals surface area (Å²) in [5, 5.41) is 10.9. The molecule has 1 aromatic carbocycles. The van der Waals surface area contributed by atoms with Crippen molar-refractivity contribution in [2.75, 3.05) is 30.3 Å². The van der Waals surface area contributed by atoms with Crippen molar-refractivity contribution in [2.24, 2.45) is 5.14 Å². The fraction of sp³-hybridized carbons (Fsp3) is 0.444. The fourth-order valence-corrected chi connectivity index (χ4v) is 4.99. The van der Waals surface area contributed by atoms with Crippen molar-refractivity contribution >= 4 is 56.3 Å². The molecule has 0 radical (unpaired) electrons. The van der Waals surface area contributed by atoms with Gasteiger partial charge in [0.05, 0.1) is 21.4 Å². The van der Waals surface area contributed by atoms with E-state index >= 15 is 0 Å². The van der Waals surface area contributed by atoms with E-state index in [0.717, 1.165) is 48.9 Å². The summed E-state index contributed by atoms with van der Waals surface area (Å²) in [5.74, 6) is -0.400. The third-order valence-electron chi connectivity index (χ3n) is 4.74. The molecular formula is C18H23ClN4O4S2. The number of rotatable bonds is 8. The summed E-state index contributed by atoms with van der Waals surface area (Å²) in [4.78, 5) is 25.8. The minimum atomic E-state index is -3.40. The van der Waals surface area contributed by atoms with Crippen molar-refractivity contribution in [3.8, 4) is 0 Å². The van der Waals surface area contributed by atoms with Crippen LogP contribution in [0.1, 0.15) is 24.8 Å². The standard InChI is InChI=1S/C18H23ClN4O4S2/c19-14-5-3-4-12(10-15-17(24)22-18(25)28-15)16(14)23-8-6-13(11-23)21-7-1-2-9-29(20,26)27/h3-5,10,13,21H,1-2,6-9,11H2,(H2,20,26,27)(H,22,24,25)/b15-10-/t13-/m0/s1. The Hall–Kier alpha value is -1.59. The number of nitrogens with one attached hydrogen (secondary N) is 2. The zero-order valence-electron chi connectivity index (χ0n) is 15.7. The monoisotopic (exact) mass is 458 g/mol. The van der Waals surface area contributed by atoms with Gasteiger partial charge in [-0.2, -0.15) is 0 Å². The SMILES string of the molecule is NS(=O)(=O)CCCCN[C@H]1CCN(c2c(Cl)cccc2/C=C2\SC(=O)NC2=O)C1. The second-order valence-electron chi connectivity index (χ2n) is 6.99. The molecule has 0 unspecified atom stereocenters. The summed E-state index contributed by atoms with van der Waals surface area (Å²) in [5.41, 5.74) is 1.63. The number of carbonyl (C=O) groups is 2. The number of hydrogen-bond donors (Lipinski definition) is 3. The lowest BCUT2D eigenvalue weighted by atomic mass is 10.1. The molecule has 2 amide bonds.